The van der Waals surface area contributed by atoms with Gasteiger partial charge in [0.1, 0.15) is 0 Å². The topological polar surface area (TPSA) is 38.0 Å². The van der Waals surface area contributed by atoms with Gasteiger partial charge in [-0.25, -0.2) is 0 Å². The monoisotopic (exact) mass is 274 g/mol. The van der Waals surface area contributed by atoms with Gasteiger partial charge in [0.2, 0.25) is 0 Å². The summed E-state index contributed by atoms with van der Waals surface area (Å²) in [7, 11) is 0. The Morgan fingerprint density at radius 2 is 1.84 bits per heavy atom. The van der Waals surface area contributed by atoms with Gasteiger partial charge in [-0.05, 0) is 72.7 Å². The first kappa shape index (κ1) is 14.3. The van der Waals surface area contributed by atoms with Crippen LogP contribution in [-0.4, -0.2) is 6.04 Å². The van der Waals surface area contributed by atoms with Crippen LogP contribution in [0.2, 0.25) is 0 Å². The molecule has 0 aliphatic carbocycles. The van der Waals surface area contributed by atoms with E-state index in [1.54, 1.807) is 11.3 Å². The fourth-order valence-electron chi connectivity index (χ4n) is 2.66. The lowest BCUT2D eigenvalue weighted by Gasteiger charge is -2.19. The van der Waals surface area contributed by atoms with Crippen molar-refractivity contribution in [1.82, 2.24) is 5.43 Å². The summed E-state index contributed by atoms with van der Waals surface area (Å²) >= 11 is 1.74. The largest absolute Gasteiger partial charge is 0.271 e. The highest BCUT2D eigenvalue weighted by atomic mass is 32.1. The van der Waals surface area contributed by atoms with Crippen molar-refractivity contribution in [3.63, 3.8) is 0 Å². The van der Waals surface area contributed by atoms with Gasteiger partial charge in [-0.3, -0.25) is 11.3 Å². The SMILES string of the molecule is Cc1cc(C)c(CC(Cc2ccsc2)NN)c(C)c1. The average molecular weight is 274 g/mol. The van der Waals surface area contributed by atoms with Gasteiger partial charge >= 0.3 is 0 Å². The van der Waals surface area contributed by atoms with Gasteiger partial charge in [0, 0.05) is 6.04 Å². The molecule has 0 spiro atoms. The van der Waals surface area contributed by atoms with Crippen molar-refractivity contribution in [3.05, 3.63) is 56.8 Å². The third-order valence-electron chi connectivity index (χ3n) is 3.59. The molecule has 1 unspecified atom stereocenters. The minimum Gasteiger partial charge on any atom is -0.271 e. The van der Waals surface area contributed by atoms with Gasteiger partial charge in [-0.15, -0.1) is 0 Å². The molecule has 2 aromatic rings. The molecule has 1 aromatic carbocycles. The Bertz CT molecular complexity index is 509. The molecule has 0 saturated carbocycles. The highest BCUT2D eigenvalue weighted by Crippen LogP contribution is 2.19. The van der Waals surface area contributed by atoms with Crippen LogP contribution in [0.4, 0.5) is 0 Å². The minimum absolute atomic E-state index is 0.287. The summed E-state index contributed by atoms with van der Waals surface area (Å²) in [6, 6.07) is 6.96. The van der Waals surface area contributed by atoms with Crippen molar-refractivity contribution in [2.75, 3.05) is 0 Å². The molecule has 0 radical (unpaired) electrons. The zero-order valence-corrected chi connectivity index (χ0v) is 12.7. The van der Waals surface area contributed by atoms with E-state index >= 15 is 0 Å². The number of benzene rings is 1. The Hall–Kier alpha value is -1.16. The molecule has 102 valence electrons. The van der Waals surface area contributed by atoms with E-state index in [1.165, 1.54) is 27.8 Å². The Morgan fingerprint density at radius 1 is 1.16 bits per heavy atom. The van der Waals surface area contributed by atoms with E-state index in [4.69, 9.17) is 5.84 Å². The molecule has 19 heavy (non-hydrogen) atoms. The molecule has 1 aromatic heterocycles. The Labute approximate surface area is 119 Å². The maximum Gasteiger partial charge on any atom is 0.0291 e. The van der Waals surface area contributed by atoms with Crippen molar-refractivity contribution < 1.29 is 0 Å². The molecule has 3 N–H and O–H groups in total. The van der Waals surface area contributed by atoms with Crippen molar-refractivity contribution in [2.45, 2.75) is 39.7 Å². The number of nitrogens with two attached hydrogens (primary N) is 1. The van der Waals surface area contributed by atoms with Crippen molar-refractivity contribution in [3.8, 4) is 0 Å². The first-order valence-corrected chi connectivity index (χ1v) is 7.58. The van der Waals surface area contributed by atoms with E-state index in [9.17, 15) is 0 Å². The molecule has 0 saturated heterocycles. The summed E-state index contributed by atoms with van der Waals surface area (Å²) in [5.74, 6) is 5.72. The quantitative estimate of drug-likeness (QED) is 0.648. The number of thiophene rings is 1. The maximum atomic E-state index is 5.72. The standard InChI is InChI=1S/C16H22N2S/c1-11-6-12(2)16(13(3)7-11)9-15(18-17)8-14-4-5-19-10-14/h4-7,10,15,18H,8-9,17H2,1-3H3. The van der Waals surface area contributed by atoms with Gasteiger partial charge in [0.25, 0.3) is 0 Å². The third kappa shape index (κ3) is 3.66. The van der Waals surface area contributed by atoms with Gasteiger partial charge in [-0.1, -0.05) is 17.7 Å². The number of aryl methyl sites for hydroxylation is 3. The van der Waals surface area contributed by atoms with Gasteiger partial charge in [-0.2, -0.15) is 11.3 Å². The van der Waals surface area contributed by atoms with Crippen LogP contribution in [0.1, 0.15) is 27.8 Å². The van der Waals surface area contributed by atoms with E-state index < -0.39 is 0 Å². The first-order valence-electron chi connectivity index (χ1n) is 6.64. The predicted molar refractivity (Wildman–Crippen MR) is 83.5 cm³/mol. The van der Waals surface area contributed by atoms with Crippen LogP contribution in [0, 0.1) is 20.8 Å². The third-order valence-corrected chi connectivity index (χ3v) is 4.32. The fourth-order valence-corrected chi connectivity index (χ4v) is 3.34. The lowest BCUT2D eigenvalue weighted by atomic mass is 9.92. The number of hydrazine groups is 1. The molecule has 2 rings (SSSR count). The van der Waals surface area contributed by atoms with Crippen molar-refractivity contribution >= 4 is 11.3 Å². The molecule has 2 nitrogen and oxygen atoms in total. The first-order chi connectivity index (χ1) is 9.10. The number of nitrogens with one attached hydrogen (secondary N) is 1. The van der Waals surface area contributed by atoms with E-state index in [-0.39, 0.29) is 6.04 Å². The Morgan fingerprint density at radius 3 is 2.37 bits per heavy atom. The van der Waals surface area contributed by atoms with Crippen LogP contribution in [0.25, 0.3) is 0 Å². The van der Waals surface area contributed by atoms with E-state index in [1.807, 2.05) is 0 Å². The molecule has 0 bridgehead atoms. The summed E-state index contributed by atoms with van der Waals surface area (Å²) in [6.07, 6.45) is 1.96. The molecular formula is C16H22N2S. The van der Waals surface area contributed by atoms with E-state index in [0.717, 1.165) is 12.8 Å². The van der Waals surface area contributed by atoms with Gasteiger partial charge in [0.05, 0.1) is 0 Å². The smallest absolute Gasteiger partial charge is 0.0291 e. The zero-order chi connectivity index (χ0) is 13.8. The lowest BCUT2D eigenvalue weighted by molar-refractivity contribution is 0.521. The van der Waals surface area contributed by atoms with Crippen LogP contribution in [-0.2, 0) is 12.8 Å². The minimum atomic E-state index is 0.287. The molecule has 3 heteroatoms. The molecule has 0 aliphatic heterocycles. The number of hydrogen-bond donors (Lipinski definition) is 2. The fraction of sp³-hybridized carbons (Fsp3) is 0.375. The molecule has 1 heterocycles. The van der Waals surface area contributed by atoms with E-state index in [0.29, 0.717) is 0 Å². The lowest BCUT2D eigenvalue weighted by Crippen LogP contribution is -2.38. The number of rotatable bonds is 5. The van der Waals surface area contributed by atoms with Crippen molar-refractivity contribution in [1.29, 1.82) is 0 Å². The summed E-state index contributed by atoms with van der Waals surface area (Å²) in [6.45, 7) is 6.52. The highest BCUT2D eigenvalue weighted by molar-refractivity contribution is 7.07. The van der Waals surface area contributed by atoms with Gasteiger partial charge in [0.15, 0.2) is 0 Å². The number of hydrogen-bond acceptors (Lipinski definition) is 3. The second-order valence-corrected chi connectivity index (χ2v) is 6.06. The van der Waals surface area contributed by atoms with Crippen molar-refractivity contribution in [2.24, 2.45) is 5.84 Å². The van der Waals surface area contributed by atoms with E-state index in [2.05, 4.69) is 55.2 Å². The summed E-state index contributed by atoms with van der Waals surface area (Å²) < 4.78 is 0. The highest BCUT2D eigenvalue weighted by Gasteiger charge is 2.12. The summed E-state index contributed by atoms with van der Waals surface area (Å²) in [4.78, 5) is 0. The van der Waals surface area contributed by atoms with Crippen LogP contribution < -0.4 is 11.3 Å². The van der Waals surface area contributed by atoms with Crippen LogP contribution >= 0.6 is 11.3 Å². The van der Waals surface area contributed by atoms with Crippen LogP contribution in [0.15, 0.2) is 29.0 Å². The second kappa shape index (κ2) is 6.33. The average Bonchev–Trinajstić information content (AvgIpc) is 2.84. The van der Waals surface area contributed by atoms with Crippen LogP contribution in [0.3, 0.4) is 0 Å². The molecule has 0 fully saturated rings. The Balaban J connectivity index is 2.14. The molecule has 0 aliphatic rings. The summed E-state index contributed by atoms with van der Waals surface area (Å²) in [5.41, 5.74) is 9.80. The molecule has 1 atom stereocenters. The normalized spacial score (nSPS) is 12.6. The summed E-state index contributed by atoms with van der Waals surface area (Å²) in [5, 5.41) is 4.31. The predicted octanol–water partition coefficient (Wildman–Crippen LogP) is 3.29. The molecule has 0 amide bonds. The second-order valence-electron chi connectivity index (χ2n) is 5.28. The Kier molecular flexibility index (Phi) is 4.75. The molecular weight excluding hydrogens is 252 g/mol. The van der Waals surface area contributed by atoms with Gasteiger partial charge < -0.3 is 0 Å². The maximum absolute atomic E-state index is 5.72. The van der Waals surface area contributed by atoms with Crippen LogP contribution in [0.5, 0.6) is 0 Å². The zero-order valence-electron chi connectivity index (χ0n) is 11.9.